The molecule has 2 amide bonds. The molecule has 4 rings (SSSR count). The molecule has 0 bridgehead atoms. The number of anilines is 1. The molecule has 0 spiro atoms. The molecule has 3 heterocycles. The average molecular weight is 339 g/mol. The monoisotopic (exact) mass is 339 g/mol. The van der Waals surface area contributed by atoms with Crippen LogP contribution < -0.4 is 10.2 Å². The van der Waals surface area contributed by atoms with Gasteiger partial charge in [-0.15, -0.1) is 0 Å². The van der Waals surface area contributed by atoms with Crippen molar-refractivity contribution in [1.29, 1.82) is 0 Å². The van der Waals surface area contributed by atoms with E-state index in [4.69, 9.17) is 0 Å². The predicted molar refractivity (Wildman–Crippen MR) is 93.8 cm³/mol. The van der Waals surface area contributed by atoms with Crippen molar-refractivity contribution in [2.24, 2.45) is 0 Å². The van der Waals surface area contributed by atoms with Crippen LogP contribution in [0.3, 0.4) is 0 Å². The molecule has 130 valence electrons. The standard InChI is InChI=1S/C18H21N5O2/c1-13-11-19-17(24)16-15(20-12-23(13)16)18(25)22-9-7-21(8-10-22)14-5-3-2-4-6-14/h2-6,12-13H,7-11H2,1H3,(H,19,24)/t13-/m0/s1. The van der Waals surface area contributed by atoms with Gasteiger partial charge in [-0.05, 0) is 19.1 Å². The van der Waals surface area contributed by atoms with Gasteiger partial charge in [0, 0.05) is 44.5 Å². The molecule has 0 unspecified atom stereocenters. The minimum atomic E-state index is -0.220. The molecular formula is C18H21N5O2. The molecule has 7 heteroatoms. The first kappa shape index (κ1) is 15.7. The van der Waals surface area contributed by atoms with Crippen LogP contribution in [0.5, 0.6) is 0 Å². The van der Waals surface area contributed by atoms with Crippen molar-refractivity contribution in [3.05, 3.63) is 48.0 Å². The maximum absolute atomic E-state index is 12.9. The van der Waals surface area contributed by atoms with Crippen LogP contribution in [0, 0.1) is 0 Å². The number of hydrogen-bond acceptors (Lipinski definition) is 4. The van der Waals surface area contributed by atoms with E-state index in [2.05, 4.69) is 27.3 Å². The number of piperazine rings is 1. The molecule has 1 atom stereocenters. The molecule has 0 aliphatic carbocycles. The van der Waals surface area contributed by atoms with E-state index >= 15 is 0 Å². The third-order valence-corrected chi connectivity index (χ3v) is 4.93. The number of imidazole rings is 1. The van der Waals surface area contributed by atoms with Crippen LogP contribution in [-0.4, -0.2) is 59.0 Å². The van der Waals surface area contributed by atoms with Crippen molar-refractivity contribution in [3.8, 4) is 0 Å². The Morgan fingerprint density at radius 3 is 2.60 bits per heavy atom. The van der Waals surface area contributed by atoms with E-state index in [1.807, 2.05) is 25.1 Å². The molecule has 0 saturated carbocycles. The van der Waals surface area contributed by atoms with Gasteiger partial charge in [-0.1, -0.05) is 18.2 Å². The number of nitrogens with zero attached hydrogens (tertiary/aromatic N) is 4. The lowest BCUT2D eigenvalue weighted by atomic mass is 10.1. The largest absolute Gasteiger partial charge is 0.368 e. The summed E-state index contributed by atoms with van der Waals surface area (Å²) in [7, 11) is 0. The number of aromatic nitrogens is 2. The Hall–Kier alpha value is -2.83. The summed E-state index contributed by atoms with van der Waals surface area (Å²) in [5.74, 6) is -0.382. The van der Waals surface area contributed by atoms with Gasteiger partial charge in [0.2, 0.25) is 0 Å². The Balaban J connectivity index is 1.49. The van der Waals surface area contributed by atoms with E-state index in [9.17, 15) is 9.59 Å². The van der Waals surface area contributed by atoms with E-state index in [0.29, 0.717) is 25.3 Å². The lowest BCUT2D eigenvalue weighted by Gasteiger charge is -2.36. The van der Waals surface area contributed by atoms with Crippen LogP contribution in [0.25, 0.3) is 0 Å². The summed E-state index contributed by atoms with van der Waals surface area (Å²) in [5.41, 5.74) is 1.81. The summed E-state index contributed by atoms with van der Waals surface area (Å²) in [6.07, 6.45) is 1.60. The fourth-order valence-electron chi connectivity index (χ4n) is 3.46. The Kier molecular flexibility index (Phi) is 3.91. The van der Waals surface area contributed by atoms with Crippen LogP contribution in [0.1, 0.15) is 33.9 Å². The van der Waals surface area contributed by atoms with Gasteiger partial charge < -0.3 is 19.7 Å². The van der Waals surface area contributed by atoms with Crippen molar-refractivity contribution in [1.82, 2.24) is 19.8 Å². The number of carbonyl (C=O) groups excluding carboxylic acids is 2. The molecule has 25 heavy (non-hydrogen) atoms. The minimum Gasteiger partial charge on any atom is -0.368 e. The van der Waals surface area contributed by atoms with Crippen LogP contribution in [0.4, 0.5) is 5.69 Å². The highest BCUT2D eigenvalue weighted by Gasteiger charge is 2.32. The van der Waals surface area contributed by atoms with Crippen LogP contribution in [0.15, 0.2) is 36.7 Å². The second kappa shape index (κ2) is 6.23. The minimum absolute atomic E-state index is 0.108. The first-order valence-electron chi connectivity index (χ1n) is 8.59. The van der Waals surface area contributed by atoms with Gasteiger partial charge in [0.05, 0.1) is 6.33 Å². The third-order valence-electron chi connectivity index (χ3n) is 4.93. The molecule has 7 nitrogen and oxygen atoms in total. The van der Waals surface area contributed by atoms with Gasteiger partial charge >= 0.3 is 0 Å². The number of para-hydroxylation sites is 1. The Morgan fingerprint density at radius 1 is 1.16 bits per heavy atom. The normalized spacial score (nSPS) is 20.2. The van der Waals surface area contributed by atoms with Gasteiger partial charge in [0.25, 0.3) is 11.8 Å². The summed E-state index contributed by atoms with van der Waals surface area (Å²) >= 11 is 0. The highest BCUT2D eigenvalue weighted by atomic mass is 16.2. The van der Waals surface area contributed by atoms with Crippen molar-refractivity contribution < 1.29 is 9.59 Å². The van der Waals surface area contributed by atoms with E-state index in [1.54, 1.807) is 15.8 Å². The molecule has 1 aromatic heterocycles. The molecule has 1 N–H and O–H groups in total. The van der Waals surface area contributed by atoms with Crippen LogP contribution in [-0.2, 0) is 0 Å². The zero-order valence-electron chi connectivity index (χ0n) is 14.2. The van der Waals surface area contributed by atoms with Gasteiger partial charge in [-0.25, -0.2) is 4.98 Å². The van der Waals surface area contributed by atoms with Crippen molar-refractivity contribution >= 4 is 17.5 Å². The molecule has 2 aromatic rings. The molecule has 1 fully saturated rings. The zero-order valence-corrected chi connectivity index (χ0v) is 14.2. The van der Waals surface area contributed by atoms with E-state index < -0.39 is 0 Å². The fraction of sp³-hybridized carbons (Fsp3) is 0.389. The van der Waals surface area contributed by atoms with Crippen molar-refractivity contribution in [2.45, 2.75) is 13.0 Å². The first-order valence-corrected chi connectivity index (χ1v) is 8.59. The number of hydrogen-bond donors (Lipinski definition) is 1. The van der Waals surface area contributed by atoms with E-state index in [1.165, 1.54) is 5.69 Å². The average Bonchev–Trinajstić information content (AvgIpc) is 3.11. The maximum Gasteiger partial charge on any atom is 0.275 e. The molecule has 1 aromatic carbocycles. The predicted octanol–water partition coefficient (Wildman–Crippen LogP) is 1.15. The number of nitrogens with one attached hydrogen (secondary N) is 1. The quantitative estimate of drug-likeness (QED) is 0.891. The molecule has 1 saturated heterocycles. The van der Waals surface area contributed by atoms with Crippen LogP contribution >= 0.6 is 0 Å². The summed E-state index contributed by atoms with van der Waals surface area (Å²) in [4.78, 5) is 33.4. The summed E-state index contributed by atoms with van der Waals surface area (Å²) in [6.45, 7) is 5.35. The number of carbonyl (C=O) groups is 2. The molecular weight excluding hydrogens is 318 g/mol. The number of rotatable bonds is 2. The number of amides is 2. The third kappa shape index (κ3) is 2.75. The van der Waals surface area contributed by atoms with Crippen molar-refractivity contribution in [3.63, 3.8) is 0 Å². The molecule has 2 aliphatic heterocycles. The van der Waals surface area contributed by atoms with Gasteiger partial charge in [-0.3, -0.25) is 9.59 Å². The second-order valence-corrected chi connectivity index (χ2v) is 6.52. The summed E-state index contributed by atoms with van der Waals surface area (Å²) in [5, 5.41) is 2.82. The zero-order chi connectivity index (χ0) is 17.4. The number of fused-ring (bicyclic) bond motifs is 1. The van der Waals surface area contributed by atoms with Gasteiger partial charge in [0.15, 0.2) is 5.69 Å². The lowest BCUT2D eigenvalue weighted by molar-refractivity contribution is 0.0732. The highest BCUT2D eigenvalue weighted by molar-refractivity contribution is 6.05. The summed E-state index contributed by atoms with van der Waals surface area (Å²) < 4.78 is 1.80. The Bertz CT molecular complexity index is 793. The topological polar surface area (TPSA) is 70.5 Å². The van der Waals surface area contributed by atoms with Crippen molar-refractivity contribution in [2.75, 3.05) is 37.6 Å². The maximum atomic E-state index is 12.9. The van der Waals surface area contributed by atoms with E-state index in [0.717, 1.165) is 13.1 Å². The second-order valence-electron chi connectivity index (χ2n) is 6.52. The van der Waals surface area contributed by atoms with Gasteiger partial charge in [0.1, 0.15) is 5.69 Å². The van der Waals surface area contributed by atoms with E-state index in [-0.39, 0.29) is 23.6 Å². The van der Waals surface area contributed by atoms with Gasteiger partial charge in [-0.2, -0.15) is 0 Å². The van der Waals surface area contributed by atoms with Crippen LogP contribution in [0.2, 0.25) is 0 Å². The SMILES string of the molecule is C[C@H]1CNC(=O)c2c(C(=O)N3CCN(c4ccccc4)CC3)ncn21. The highest BCUT2D eigenvalue weighted by Crippen LogP contribution is 2.21. The summed E-state index contributed by atoms with van der Waals surface area (Å²) in [6, 6.07) is 10.3. The fourth-order valence-corrected chi connectivity index (χ4v) is 3.46. The Labute approximate surface area is 146 Å². The lowest BCUT2D eigenvalue weighted by Crippen LogP contribution is -2.49. The smallest absolute Gasteiger partial charge is 0.275 e. The number of benzene rings is 1. The Morgan fingerprint density at radius 2 is 1.88 bits per heavy atom. The molecule has 2 aliphatic rings. The molecule has 0 radical (unpaired) electrons. The first-order chi connectivity index (χ1) is 12.1.